The van der Waals surface area contributed by atoms with Gasteiger partial charge in [0.1, 0.15) is 12.1 Å². The highest BCUT2D eigenvalue weighted by Gasteiger charge is 2.53. The molecule has 3 aliphatic rings. The number of fused-ring (bicyclic) bond motifs is 1. The highest BCUT2D eigenvalue weighted by Crippen LogP contribution is 2.33. The molecule has 1 aliphatic carbocycles. The Bertz CT molecular complexity index is 1250. The summed E-state index contributed by atoms with van der Waals surface area (Å²) in [5.41, 5.74) is 2.02. The summed E-state index contributed by atoms with van der Waals surface area (Å²) in [6.45, 7) is -0.181. The molecule has 1 N–H and O–H groups in total. The van der Waals surface area contributed by atoms with Crippen LogP contribution < -0.4 is 5.32 Å². The lowest BCUT2D eigenvalue weighted by Gasteiger charge is -2.33. The van der Waals surface area contributed by atoms with E-state index in [2.05, 4.69) is 5.32 Å². The maximum absolute atomic E-state index is 13.4. The molecule has 0 unspecified atom stereocenters. The average Bonchev–Trinajstić information content (AvgIpc) is 3.29. The Labute approximate surface area is 198 Å². The summed E-state index contributed by atoms with van der Waals surface area (Å²) < 4.78 is 24.2. The summed E-state index contributed by atoms with van der Waals surface area (Å²) in [6, 6.07) is 16.1. The number of imide groups is 1. The zero-order valence-corrected chi connectivity index (χ0v) is 19.6. The van der Waals surface area contributed by atoms with Crippen molar-refractivity contribution in [3.63, 3.8) is 0 Å². The molecule has 0 bridgehead atoms. The monoisotopic (exact) mass is 481 g/mol. The van der Waals surface area contributed by atoms with E-state index in [1.165, 1.54) is 10.5 Å². The number of nitrogens with zero attached hydrogens (tertiary/aromatic N) is 2. The number of sulfone groups is 1. The van der Waals surface area contributed by atoms with Crippen LogP contribution in [0.15, 0.2) is 54.6 Å². The molecule has 1 spiro atoms. The van der Waals surface area contributed by atoms with Gasteiger partial charge in [0.05, 0.1) is 11.5 Å². The molecular weight excluding hydrogens is 454 g/mol. The lowest BCUT2D eigenvalue weighted by molar-refractivity contribution is -0.140. The van der Waals surface area contributed by atoms with Gasteiger partial charge >= 0.3 is 6.03 Å². The Morgan fingerprint density at radius 1 is 1.06 bits per heavy atom. The van der Waals surface area contributed by atoms with Gasteiger partial charge in [-0.1, -0.05) is 54.6 Å². The van der Waals surface area contributed by atoms with Gasteiger partial charge in [-0.05, 0) is 36.0 Å². The van der Waals surface area contributed by atoms with Gasteiger partial charge in [0.25, 0.3) is 5.91 Å². The molecule has 8 nitrogen and oxygen atoms in total. The quantitative estimate of drug-likeness (QED) is 0.655. The highest BCUT2D eigenvalue weighted by molar-refractivity contribution is 7.91. The van der Waals surface area contributed by atoms with E-state index in [0.717, 1.165) is 16.0 Å². The second-order valence-electron chi connectivity index (χ2n) is 9.41. The molecule has 2 aliphatic heterocycles. The van der Waals surface area contributed by atoms with E-state index >= 15 is 0 Å². The first-order valence-corrected chi connectivity index (χ1v) is 13.3. The number of rotatable bonds is 5. The van der Waals surface area contributed by atoms with Crippen LogP contribution in [0.2, 0.25) is 0 Å². The van der Waals surface area contributed by atoms with Crippen molar-refractivity contribution in [3.8, 4) is 0 Å². The lowest BCUT2D eigenvalue weighted by atomic mass is 9.78. The number of benzene rings is 2. The zero-order chi connectivity index (χ0) is 23.9. The van der Waals surface area contributed by atoms with Crippen LogP contribution in [0, 0.1) is 0 Å². The van der Waals surface area contributed by atoms with Gasteiger partial charge in [0.2, 0.25) is 5.91 Å². The maximum atomic E-state index is 13.4. The second-order valence-corrected chi connectivity index (χ2v) is 11.6. The summed E-state index contributed by atoms with van der Waals surface area (Å²) in [5.74, 6) is -0.893. The van der Waals surface area contributed by atoms with E-state index in [1.54, 1.807) is 0 Å². The molecule has 9 heteroatoms. The lowest BCUT2D eigenvalue weighted by Crippen LogP contribution is -2.52. The fraction of sp³-hybridized carbons (Fsp3) is 0.400. The Morgan fingerprint density at radius 2 is 1.76 bits per heavy atom. The normalized spacial score (nSPS) is 25.3. The number of hydrogen-bond donors (Lipinski definition) is 1. The molecule has 0 radical (unpaired) electrons. The van der Waals surface area contributed by atoms with Crippen molar-refractivity contribution in [1.82, 2.24) is 15.1 Å². The SMILES string of the molecule is O=C1N[C@]2(CCc3ccccc3C2)C(=O)N1CC(=O)N(Cc1ccccc1)[C@H]1CCS(=O)(=O)C1. The molecule has 2 aromatic rings. The number of carbonyl (C=O) groups is 3. The maximum Gasteiger partial charge on any atom is 0.325 e. The number of nitrogens with one attached hydrogen (secondary N) is 1. The van der Waals surface area contributed by atoms with E-state index in [4.69, 9.17) is 0 Å². The van der Waals surface area contributed by atoms with Crippen molar-refractivity contribution in [2.75, 3.05) is 18.1 Å². The minimum absolute atomic E-state index is 0.0297. The summed E-state index contributed by atoms with van der Waals surface area (Å²) in [4.78, 5) is 42.2. The van der Waals surface area contributed by atoms with Crippen LogP contribution in [0.3, 0.4) is 0 Å². The largest absolute Gasteiger partial charge is 0.333 e. The third-order valence-corrected chi connectivity index (χ3v) is 8.89. The van der Waals surface area contributed by atoms with Crippen LogP contribution in [0.5, 0.6) is 0 Å². The number of aryl methyl sites for hydroxylation is 1. The van der Waals surface area contributed by atoms with Gasteiger partial charge in [-0.3, -0.25) is 14.5 Å². The van der Waals surface area contributed by atoms with E-state index in [9.17, 15) is 22.8 Å². The third-order valence-electron chi connectivity index (χ3n) is 7.14. The Morgan fingerprint density at radius 3 is 2.47 bits per heavy atom. The van der Waals surface area contributed by atoms with Crippen molar-refractivity contribution in [1.29, 1.82) is 0 Å². The summed E-state index contributed by atoms with van der Waals surface area (Å²) in [7, 11) is -3.22. The number of hydrogen-bond acceptors (Lipinski definition) is 5. The molecule has 5 rings (SSSR count). The minimum atomic E-state index is -3.22. The fourth-order valence-corrected chi connectivity index (χ4v) is 7.02. The summed E-state index contributed by atoms with van der Waals surface area (Å²) >= 11 is 0. The first-order valence-electron chi connectivity index (χ1n) is 11.5. The Kier molecular flexibility index (Phi) is 5.67. The van der Waals surface area contributed by atoms with E-state index < -0.39 is 39.9 Å². The van der Waals surface area contributed by atoms with Crippen LogP contribution in [-0.4, -0.2) is 65.7 Å². The van der Waals surface area contributed by atoms with Gasteiger partial charge in [-0.2, -0.15) is 0 Å². The Balaban J connectivity index is 1.36. The Hall–Kier alpha value is -3.20. The minimum Gasteiger partial charge on any atom is -0.333 e. The molecule has 34 heavy (non-hydrogen) atoms. The van der Waals surface area contributed by atoms with Crippen LogP contribution in [0.25, 0.3) is 0 Å². The number of amides is 4. The molecule has 2 saturated heterocycles. The molecule has 0 aromatic heterocycles. The van der Waals surface area contributed by atoms with E-state index in [1.807, 2.05) is 54.6 Å². The van der Waals surface area contributed by atoms with Crippen molar-refractivity contribution >= 4 is 27.7 Å². The molecule has 4 amide bonds. The summed E-state index contributed by atoms with van der Waals surface area (Å²) in [5, 5.41) is 2.86. The van der Waals surface area contributed by atoms with Crippen molar-refractivity contribution in [2.24, 2.45) is 0 Å². The van der Waals surface area contributed by atoms with Crippen molar-refractivity contribution in [3.05, 3.63) is 71.3 Å². The molecule has 2 aromatic carbocycles. The van der Waals surface area contributed by atoms with Gasteiger partial charge in [0, 0.05) is 19.0 Å². The van der Waals surface area contributed by atoms with Gasteiger partial charge in [0.15, 0.2) is 9.84 Å². The first kappa shape index (κ1) is 22.6. The number of carbonyl (C=O) groups excluding carboxylic acids is 3. The number of urea groups is 1. The van der Waals surface area contributed by atoms with Crippen molar-refractivity contribution in [2.45, 2.75) is 43.8 Å². The first-order chi connectivity index (χ1) is 16.3. The fourth-order valence-electron chi connectivity index (χ4n) is 5.29. The van der Waals surface area contributed by atoms with Crippen LogP contribution in [0.4, 0.5) is 4.79 Å². The second kappa shape index (κ2) is 8.54. The van der Waals surface area contributed by atoms with E-state index in [0.29, 0.717) is 25.7 Å². The molecule has 0 saturated carbocycles. The van der Waals surface area contributed by atoms with Crippen LogP contribution in [0.1, 0.15) is 29.5 Å². The van der Waals surface area contributed by atoms with E-state index in [-0.39, 0.29) is 24.0 Å². The zero-order valence-electron chi connectivity index (χ0n) is 18.8. The molecule has 178 valence electrons. The molecule has 2 heterocycles. The smallest absolute Gasteiger partial charge is 0.325 e. The predicted octanol–water partition coefficient (Wildman–Crippen LogP) is 1.68. The topological polar surface area (TPSA) is 104 Å². The third kappa shape index (κ3) is 4.20. The van der Waals surface area contributed by atoms with Crippen LogP contribution >= 0.6 is 0 Å². The van der Waals surface area contributed by atoms with Gasteiger partial charge < -0.3 is 10.2 Å². The molecule has 2 atom stereocenters. The highest BCUT2D eigenvalue weighted by atomic mass is 32.2. The molecular formula is C25H27N3O5S. The van der Waals surface area contributed by atoms with Gasteiger partial charge in [-0.15, -0.1) is 0 Å². The molecule has 2 fully saturated rings. The predicted molar refractivity (Wildman–Crippen MR) is 125 cm³/mol. The summed E-state index contributed by atoms with van der Waals surface area (Å²) in [6.07, 6.45) is 1.90. The van der Waals surface area contributed by atoms with Gasteiger partial charge in [-0.25, -0.2) is 13.2 Å². The van der Waals surface area contributed by atoms with Crippen molar-refractivity contribution < 1.29 is 22.8 Å². The van der Waals surface area contributed by atoms with Crippen LogP contribution in [-0.2, 0) is 38.8 Å². The average molecular weight is 482 g/mol. The standard InChI is InChI=1S/C25H27N3O5S/c29-22(27(15-18-6-2-1-3-7-18)21-11-13-34(32,33)17-21)16-28-23(30)25(26-24(28)31)12-10-19-8-4-5-9-20(19)14-25/h1-9,21H,10-17H2,(H,26,31)/t21-,25-/m0/s1.